The third kappa shape index (κ3) is 21.4. The fourth-order valence-corrected chi connectivity index (χ4v) is 13.0. The van der Waals surface area contributed by atoms with Gasteiger partial charge in [0.05, 0.1) is 15.1 Å². The quantitative estimate of drug-likeness (QED) is 0.0239. The smallest absolute Gasteiger partial charge is 0.257 e. The maximum atomic E-state index is 13.0. The van der Waals surface area contributed by atoms with Crippen LogP contribution in [-0.2, 0) is 19.3 Å². The number of thioether (sulfide) groups is 1. The van der Waals surface area contributed by atoms with Gasteiger partial charge >= 0.3 is 0 Å². The summed E-state index contributed by atoms with van der Waals surface area (Å²) >= 11 is 19.5. The number of amides is 3. The Morgan fingerprint density at radius 3 is 1.01 bits per heavy atom. The number of benzene rings is 6. The second kappa shape index (κ2) is 37.5. The van der Waals surface area contributed by atoms with Gasteiger partial charge in [-0.1, -0.05) is 181 Å². The number of nitrogens with zero attached hydrogens (tertiary/aromatic N) is 6. The minimum absolute atomic E-state index is 0.0841. The van der Waals surface area contributed by atoms with Gasteiger partial charge in [0.1, 0.15) is 35.0 Å². The van der Waals surface area contributed by atoms with Gasteiger partial charge in [0.15, 0.2) is 17.3 Å². The van der Waals surface area contributed by atoms with E-state index >= 15 is 0 Å². The zero-order valence-corrected chi connectivity index (χ0v) is 59.2. The predicted molar refractivity (Wildman–Crippen MR) is 407 cm³/mol. The molecule has 3 saturated heterocycles. The summed E-state index contributed by atoms with van der Waals surface area (Å²) in [5.41, 5.74) is 7.23. The Labute approximate surface area is 612 Å². The Balaban J connectivity index is 0.000000165. The minimum atomic E-state index is -0.339. The van der Waals surface area contributed by atoms with Crippen molar-refractivity contribution in [1.82, 2.24) is 35.0 Å². The number of hydrogen-bond acceptors (Lipinski definition) is 14. The number of amidine groups is 3. The lowest BCUT2D eigenvalue weighted by Crippen LogP contribution is -2.37. The number of nitrogens with one attached hydrogen (secondary N) is 7. The number of likely N-dealkylation sites (tertiary alicyclic amines) is 1. The van der Waals surface area contributed by atoms with Crippen LogP contribution < -0.4 is 21.3 Å². The first-order valence-electron chi connectivity index (χ1n) is 33.8. The Kier molecular flexibility index (Phi) is 27.3. The highest BCUT2D eigenvalue weighted by Crippen LogP contribution is 2.23. The standard InChI is InChI=1S/C28H29ClN4O2.C26H26ClN5O2.C25H23ClN4O2S/c29-23-14-15-26(31-19-23)32-28(35)24-9-5-4-8-22(24)18-25(34)20-10-12-21(13-11-20)27(30)33-16-6-2-1-3-7-17-33;27-21-10-11-24(30-17-21)31-26(34)22-5-2-1-4-20(22)16-23(33)18-6-8-19(9-7-18)25(28)32-14-3-12-29-13-15-32;26-20-9-10-23(28-16-20)29-25(32)21-4-2-1-3-19(21)15-22(31)17-5-7-18(8-6-17)24(27)30-11-13-33-14-12-30/h4-5,8-15,19,30H,1-3,6-7,16-18H2,(H,31,32,35);1-2,4-11,17,28-29H,3,12-16H2,(H,30,31,34);1-10,16,27H,11-15H2,(H,28,29,32). The van der Waals surface area contributed by atoms with E-state index in [1.165, 1.54) is 37.9 Å². The first-order chi connectivity index (χ1) is 49.5. The van der Waals surface area contributed by atoms with Crippen LogP contribution in [0.2, 0.25) is 15.1 Å². The van der Waals surface area contributed by atoms with Gasteiger partial charge in [0.2, 0.25) is 0 Å². The monoisotopic (exact) mass is 1440 g/mol. The lowest BCUT2D eigenvalue weighted by atomic mass is 9.97. The number of aromatic nitrogens is 3. The SMILES string of the molecule is N=C(c1ccc(C(=O)Cc2ccccc2C(=O)Nc2ccc(Cl)cn2)cc1)N1CCCCCCC1.N=C(c1ccc(C(=O)Cc2ccccc2C(=O)Nc2ccc(Cl)cn2)cc1)N1CCCNCC1.N=C(c1ccc(C(=O)Cc2ccccc2C(=O)Nc2ccc(Cl)cn2)cc1)N1CCSCC1. The van der Waals surface area contributed by atoms with Crippen molar-refractivity contribution in [1.29, 1.82) is 16.2 Å². The van der Waals surface area contributed by atoms with Crippen LogP contribution in [-0.4, -0.2) is 146 Å². The molecule has 12 rings (SSSR count). The Morgan fingerprint density at radius 2 is 0.667 bits per heavy atom. The number of pyridine rings is 3. The molecule has 6 heterocycles. The van der Waals surface area contributed by atoms with E-state index in [0.29, 0.717) is 100 Å². The zero-order chi connectivity index (χ0) is 71.7. The van der Waals surface area contributed by atoms with Crippen molar-refractivity contribution in [2.75, 3.05) is 79.8 Å². The molecule has 7 N–H and O–H groups in total. The van der Waals surface area contributed by atoms with Crippen LogP contribution >= 0.6 is 46.6 Å². The van der Waals surface area contributed by atoms with E-state index < -0.39 is 0 Å². The maximum absolute atomic E-state index is 13.0. The van der Waals surface area contributed by atoms with Gasteiger partial charge in [-0.25, -0.2) is 15.0 Å². The third-order valence-corrected chi connectivity index (χ3v) is 19.0. The third-order valence-electron chi connectivity index (χ3n) is 17.3. The number of halogens is 3. The minimum Gasteiger partial charge on any atom is -0.357 e. The summed E-state index contributed by atoms with van der Waals surface area (Å²) in [7, 11) is 0. The van der Waals surface area contributed by atoms with Crippen molar-refractivity contribution >= 4 is 117 Å². The fourth-order valence-electron chi connectivity index (χ4n) is 11.7. The van der Waals surface area contributed by atoms with Crippen LogP contribution in [0.3, 0.4) is 0 Å². The molecule has 522 valence electrons. The summed E-state index contributed by atoms with van der Waals surface area (Å²) in [5.74, 6) is 3.42. The molecule has 3 amide bonds. The van der Waals surface area contributed by atoms with Crippen molar-refractivity contribution in [3.05, 3.63) is 282 Å². The predicted octanol–water partition coefficient (Wildman–Crippen LogP) is 14.8. The van der Waals surface area contributed by atoms with Crippen LogP contribution in [0.4, 0.5) is 17.5 Å². The molecule has 0 atom stereocenters. The van der Waals surface area contributed by atoms with Gasteiger partial charge in [-0.2, -0.15) is 11.8 Å². The zero-order valence-electron chi connectivity index (χ0n) is 56.2. The van der Waals surface area contributed by atoms with E-state index in [4.69, 9.17) is 51.0 Å². The van der Waals surface area contributed by atoms with E-state index in [0.717, 1.165) is 99.8 Å². The van der Waals surface area contributed by atoms with Crippen molar-refractivity contribution in [2.45, 2.75) is 57.8 Å². The molecule has 0 spiro atoms. The largest absolute Gasteiger partial charge is 0.357 e. The summed E-state index contributed by atoms with van der Waals surface area (Å²) in [5, 5.41) is 38.6. The lowest BCUT2D eigenvalue weighted by Gasteiger charge is -2.28. The summed E-state index contributed by atoms with van der Waals surface area (Å²) in [4.78, 5) is 95.9. The van der Waals surface area contributed by atoms with Crippen LogP contribution in [0.25, 0.3) is 0 Å². The van der Waals surface area contributed by atoms with Gasteiger partial charge < -0.3 is 36.0 Å². The number of carbonyl (C=O) groups excluding carboxylic acids is 6. The van der Waals surface area contributed by atoms with Crippen molar-refractivity contribution in [3.8, 4) is 0 Å². The lowest BCUT2D eigenvalue weighted by molar-refractivity contribution is 0.0980. The number of carbonyl (C=O) groups is 6. The number of Topliss-reactive ketones (excluding diaryl/α,β-unsaturated/α-hetero) is 3. The molecule has 0 saturated carbocycles. The van der Waals surface area contributed by atoms with Crippen LogP contribution in [0.1, 0.15) is 134 Å². The molecule has 3 fully saturated rings. The van der Waals surface area contributed by atoms with E-state index in [9.17, 15) is 28.8 Å². The van der Waals surface area contributed by atoms with E-state index in [-0.39, 0.29) is 54.3 Å². The number of ketones is 3. The van der Waals surface area contributed by atoms with Gasteiger partial charge in [0.25, 0.3) is 17.7 Å². The molecule has 0 aliphatic carbocycles. The van der Waals surface area contributed by atoms with Gasteiger partial charge in [0, 0.05) is 145 Å². The van der Waals surface area contributed by atoms with Crippen molar-refractivity contribution in [2.24, 2.45) is 0 Å². The van der Waals surface area contributed by atoms with E-state index in [1.54, 1.807) is 140 Å². The Bertz CT molecular complexity index is 4410. The normalized spacial score (nSPS) is 13.7. The number of hydrogen-bond donors (Lipinski definition) is 7. The van der Waals surface area contributed by atoms with Crippen LogP contribution in [0.5, 0.6) is 0 Å². The summed E-state index contributed by atoms with van der Waals surface area (Å²) in [6, 6.07) is 52.5. The molecule has 0 unspecified atom stereocenters. The Hall–Kier alpha value is -10.2. The summed E-state index contributed by atoms with van der Waals surface area (Å²) in [6.07, 6.45) is 11.6. The van der Waals surface area contributed by atoms with Gasteiger partial charge in [-0.15, -0.1) is 0 Å². The molecule has 0 bridgehead atoms. The molecule has 0 radical (unpaired) electrons. The average Bonchev–Trinajstić information content (AvgIpc) is 0.936. The number of anilines is 3. The molecular formula is C79H78Cl3N13O6S. The molecular weight excluding hydrogens is 1370 g/mol. The molecule has 6 aromatic carbocycles. The first-order valence-corrected chi connectivity index (χ1v) is 36.0. The maximum Gasteiger partial charge on any atom is 0.257 e. The van der Waals surface area contributed by atoms with Gasteiger partial charge in [-0.3, -0.25) is 45.0 Å². The average molecular weight is 1440 g/mol. The van der Waals surface area contributed by atoms with Crippen LogP contribution in [0.15, 0.2) is 201 Å². The molecule has 23 heteroatoms. The number of rotatable bonds is 18. The molecule has 3 aliphatic heterocycles. The highest BCUT2D eigenvalue weighted by Gasteiger charge is 2.23. The van der Waals surface area contributed by atoms with E-state index in [1.807, 2.05) is 54.2 Å². The molecule has 3 aliphatic rings. The highest BCUT2D eigenvalue weighted by atomic mass is 35.5. The first kappa shape index (κ1) is 74.5. The molecule has 19 nitrogen and oxygen atoms in total. The van der Waals surface area contributed by atoms with E-state index in [2.05, 4.69) is 50.9 Å². The summed E-state index contributed by atoms with van der Waals surface area (Å²) < 4.78 is 0. The van der Waals surface area contributed by atoms with Crippen LogP contribution in [0, 0.1) is 16.2 Å². The molecule has 9 aromatic rings. The second-order valence-electron chi connectivity index (χ2n) is 24.4. The highest BCUT2D eigenvalue weighted by molar-refractivity contribution is 7.99. The van der Waals surface area contributed by atoms with Crippen molar-refractivity contribution in [3.63, 3.8) is 0 Å². The fraction of sp³-hybridized carbons (Fsp3) is 0.241. The second-order valence-corrected chi connectivity index (χ2v) is 27.0. The topological polar surface area (TPSA) is 270 Å². The summed E-state index contributed by atoms with van der Waals surface area (Å²) in [6.45, 7) is 7.02. The Morgan fingerprint density at radius 1 is 0.363 bits per heavy atom. The molecule has 3 aromatic heterocycles. The van der Waals surface area contributed by atoms with Crippen molar-refractivity contribution < 1.29 is 28.8 Å². The molecule has 102 heavy (non-hydrogen) atoms. The van der Waals surface area contributed by atoms with Gasteiger partial charge in [-0.05, 0) is 97.1 Å².